The average molecular weight is 293 g/mol. The van der Waals surface area contributed by atoms with E-state index in [0.29, 0.717) is 12.8 Å². The molecule has 0 aliphatic carbocycles. The van der Waals surface area contributed by atoms with Gasteiger partial charge in [0.1, 0.15) is 5.75 Å². The fourth-order valence-corrected chi connectivity index (χ4v) is 2.46. The minimum atomic E-state index is -3.47. The zero-order chi connectivity index (χ0) is 15.3. The number of carboxylic acid groups (broad SMARTS) is 1. The van der Waals surface area contributed by atoms with E-state index in [0.717, 1.165) is 0 Å². The molecule has 0 aliphatic heterocycles. The summed E-state index contributed by atoms with van der Waals surface area (Å²) in [7, 11) is -3.47. The van der Waals surface area contributed by atoms with E-state index in [4.69, 9.17) is 5.11 Å². The molecule has 0 spiro atoms. The second kappa shape index (κ2) is 6.88. The first-order valence-electron chi connectivity index (χ1n) is 6.33. The van der Waals surface area contributed by atoms with E-state index >= 15 is 0 Å². The van der Waals surface area contributed by atoms with Crippen molar-refractivity contribution in [3.63, 3.8) is 0 Å². The molecule has 0 radical (unpaired) electrons. The van der Waals surface area contributed by atoms with Crippen LogP contribution in [0.2, 0.25) is 0 Å². The van der Waals surface area contributed by atoms with Crippen LogP contribution in [0, 0.1) is 0 Å². The summed E-state index contributed by atoms with van der Waals surface area (Å²) in [5, 5.41) is 10.8. The molecule has 0 atom stereocenters. The lowest BCUT2D eigenvalue weighted by Crippen LogP contribution is -2.51. The molecular formula is C12H23NO5S. The third-order valence-electron chi connectivity index (χ3n) is 3.30. The highest BCUT2D eigenvalue weighted by Gasteiger charge is 2.32. The molecule has 2 N–H and O–H groups in total. The Labute approximate surface area is 114 Å². The van der Waals surface area contributed by atoms with Crippen molar-refractivity contribution in [3.8, 4) is 0 Å². The van der Waals surface area contributed by atoms with Gasteiger partial charge in [-0.05, 0) is 26.7 Å². The third kappa shape index (κ3) is 5.59. The summed E-state index contributed by atoms with van der Waals surface area (Å²) in [4.78, 5) is 22.6. The average Bonchev–Trinajstić information content (AvgIpc) is 2.26. The highest BCUT2D eigenvalue weighted by atomic mass is 32.2. The van der Waals surface area contributed by atoms with Gasteiger partial charge in [-0.1, -0.05) is 13.8 Å². The normalized spacial score (nSPS) is 12.5. The van der Waals surface area contributed by atoms with Gasteiger partial charge in [0.25, 0.3) is 0 Å². The quantitative estimate of drug-likeness (QED) is 0.694. The maximum absolute atomic E-state index is 11.8. The first-order chi connectivity index (χ1) is 8.58. The van der Waals surface area contributed by atoms with Crippen molar-refractivity contribution >= 4 is 21.7 Å². The van der Waals surface area contributed by atoms with E-state index in [2.05, 4.69) is 5.32 Å². The van der Waals surface area contributed by atoms with Gasteiger partial charge in [0, 0.05) is 5.54 Å². The smallest absolute Gasteiger partial charge is 0.305 e. The summed E-state index contributed by atoms with van der Waals surface area (Å²) >= 11 is 0. The van der Waals surface area contributed by atoms with Crippen LogP contribution in [-0.4, -0.2) is 41.9 Å². The molecule has 0 heterocycles. The number of nitrogens with one attached hydrogen (secondary N) is 1. The number of amides is 1. The fraction of sp³-hybridized carbons (Fsp3) is 0.833. The summed E-state index contributed by atoms with van der Waals surface area (Å²) in [5.74, 6) is -2.26. The van der Waals surface area contributed by atoms with Crippen LogP contribution < -0.4 is 5.32 Å². The largest absolute Gasteiger partial charge is 0.481 e. The lowest BCUT2D eigenvalue weighted by atomic mass is 9.89. The summed E-state index contributed by atoms with van der Waals surface area (Å²) in [6.07, 6.45) is 0.653. The zero-order valence-electron chi connectivity index (χ0n) is 11.9. The molecule has 0 aromatic rings. The van der Waals surface area contributed by atoms with Gasteiger partial charge in [-0.25, -0.2) is 8.42 Å². The van der Waals surface area contributed by atoms with E-state index in [-0.39, 0.29) is 6.42 Å². The minimum Gasteiger partial charge on any atom is -0.481 e. The molecule has 0 aliphatic rings. The topological polar surface area (TPSA) is 101 Å². The lowest BCUT2D eigenvalue weighted by molar-refractivity contribution is -0.139. The van der Waals surface area contributed by atoms with Crippen molar-refractivity contribution < 1.29 is 23.1 Å². The molecule has 0 unspecified atom stereocenters. The molecule has 0 bridgehead atoms. The maximum atomic E-state index is 11.8. The van der Waals surface area contributed by atoms with Gasteiger partial charge in [0.15, 0.2) is 9.84 Å². The molecule has 1 amide bonds. The number of carboxylic acids is 1. The van der Waals surface area contributed by atoms with Crippen molar-refractivity contribution in [2.24, 2.45) is 0 Å². The van der Waals surface area contributed by atoms with Crippen LogP contribution >= 0.6 is 0 Å². The molecule has 112 valence electrons. The van der Waals surface area contributed by atoms with Crippen molar-refractivity contribution in [2.75, 3.05) is 5.75 Å². The van der Waals surface area contributed by atoms with Crippen molar-refractivity contribution in [2.45, 2.75) is 57.7 Å². The van der Waals surface area contributed by atoms with E-state index in [1.807, 2.05) is 0 Å². The zero-order valence-corrected chi connectivity index (χ0v) is 12.7. The van der Waals surface area contributed by atoms with Crippen molar-refractivity contribution in [1.82, 2.24) is 5.32 Å². The van der Waals surface area contributed by atoms with Crippen LogP contribution in [0.1, 0.15) is 47.0 Å². The third-order valence-corrected chi connectivity index (χ3v) is 5.40. The summed E-state index contributed by atoms with van der Waals surface area (Å²) in [6.45, 7) is 6.55. The number of aliphatic carboxylic acids is 1. The monoisotopic (exact) mass is 293 g/mol. The Kier molecular flexibility index (Phi) is 6.48. The SMILES string of the molecule is CCC(CC)(CC(=O)O)NC(=O)CS(=O)(=O)C(C)C. The van der Waals surface area contributed by atoms with Gasteiger partial charge in [-0.2, -0.15) is 0 Å². The van der Waals surface area contributed by atoms with Gasteiger partial charge in [-0.15, -0.1) is 0 Å². The molecule has 7 heteroatoms. The lowest BCUT2D eigenvalue weighted by Gasteiger charge is -2.31. The second-order valence-corrected chi connectivity index (χ2v) is 7.52. The number of hydrogen-bond acceptors (Lipinski definition) is 4. The Morgan fingerprint density at radius 1 is 1.21 bits per heavy atom. The molecule has 19 heavy (non-hydrogen) atoms. The Morgan fingerprint density at radius 2 is 1.68 bits per heavy atom. The van der Waals surface area contributed by atoms with Gasteiger partial charge in [0.05, 0.1) is 11.7 Å². The highest BCUT2D eigenvalue weighted by molar-refractivity contribution is 7.92. The van der Waals surface area contributed by atoms with Crippen LogP contribution in [0.4, 0.5) is 0 Å². The predicted molar refractivity (Wildman–Crippen MR) is 72.6 cm³/mol. The fourth-order valence-electron chi connectivity index (χ4n) is 1.69. The molecule has 0 fully saturated rings. The number of carbonyl (C=O) groups excluding carboxylic acids is 1. The van der Waals surface area contributed by atoms with Gasteiger partial charge >= 0.3 is 5.97 Å². The Hall–Kier alpha value is -1.11. The van der Waals surface area contributed by atoms with Gasteiger partial charge in [0.2, 0.25) is 5.91 Å². The number of carbonyl (C=O) groups is 2. The molecule has 0 saturated heterocycles. The second-order valence-electron chi connectivity index (χ2n) is 4.96. The number of sulfone groups is 1. The summed E-state index contributed by atoms with van der Waals surface area (Å²) in [5.41, 5.74) is -0.880. The first kappa shape index (κ1) is 17.9. The molecular weight excluding hydrogens is 270 g/mol. The van der Waals surface area contributed by atoms with Crippen LogP contribution in [0.15, 0.2) is 0 Å². The van der Waals surface area contributed by atoms with Gasteiger partial charge in [-0.3, -0.25) is 9.59 Å². The minimum absolute atomic E-state index is 0.215. The Bertz CT molecular complexity index is 423. The highest BCUT2D eigenvalue weighted by Crippen LogP contribution is 2.20. The molecule has 0 rings (SSSR count). The molecule has 0 saturated carbocycles. The first-order valence-corrected chi connectivity index (χ1v) is 8.04. The molecule has 6 nitrogen and oxygen atoms in total. The van der Waals surface area contributed by atoms with E-state index in [9.17, 15) is 18.0 Å². The molecule has 0 aromatic heterocycles. The summed E-state index contributed by atoms with van der Waals surface area (Å²) < 4.78 is 23.3. The number of hydrogen-bond donors (Lipinski definition) is 2. The van der Waals surface area contributed by atoms with Crippen LogP contribution in [-0.2, 0) is 19.4 Å². The van der Waals surface area contributed by atoms with E-state index < -0.39 is 38.3 Å². The summed E-state index contributed by atoms with van der Waals surface area (Å²) in [6, 6.07) is 0. The maximum Gasteiger partial charge on any atom is 0.305 e. The van der Waals surface area contributed by atoms with Crippen LogP contribution in [0.5, 0.6) is 0 Å². The van der Waals surface area contributed by atoms with Crippen LogP contribution in [0.25, 0.3) is 0 Å². The van der Waals surface area contributed by atoms with E-state index in [1.165, 1.54) is 13.8 Å². The number of rotatable bonds is 8. The molecule has 0 aromatic carbocycles. The van der Waals surface area contributed by atoms with Crippen molar-refractivity contribution in [3.05, 3.63) is 0 Å². The van der Waals surface area contributed by atoms with E-state index in [1.54, 1.807) is 13.8 Å². The standard InChI is InChI=1S/C12H23NO5S/c1-5-12(6-2,7-11(15)16)13-10(14)8-19(17,18)9(3)4/h9H,5-8H2,1-4H3,(H,13,14)(H,15,16). The van der Waals surface area contributed by atoms with Crippen molar-refractivity contribution in [1.29, 1.82) is 0 Å². The predicted octanol–water partition coefficient (Wildman–Crippen LogP) is 0.959. The Morgan fingerprint density at radius 3 is 2.00 bits per heavy atom. The van der Waals surface area contributed by atoms with Crippen LogP contribution in [0.3, 0.4) is 0 Å². The van der Waals surface area contributed by atoms with Gasteiger partial charge < -0.3 is 10.4 Å². The Balaban J connectivity index is 4.88.